The minimum Gasteiger partial charge on any atom is -0.325 e. The van der Waals surface area contributed by atoms with Gasteiger partial charge in [-0.1, -0.05) is 31.6 Å². The van der Waals surface area contributed by atoms with Crippen LogP contribution in [-0.4, -0.2) is 19.1 Å². The fourth-order valence-electron chi connectivity index (χ4n) is 2.15. The van der Waals surface area contributed by atoms with Crippen LogP contribution in [0.4, 0.5) is 0 Å². The number of fused-ring (bicyclic) bond motifs is 1. The van der Waals surface area contributed by atoms with Crippen molar-refractivity contribution in [2.75, 3.05) is 0 Å². The molecule has 1 N–H and O–H groups in total. The predicted molar refractivity (Wildman–Crippen MR) is 85.4 cm³/mol. The van der Waals surface area contributed by atoms with Crippen molar-refractivity contribution in [3.8, 4) is 24.2 Å². The first-order valence-corrected chi connectivity index (χ1v) is 7.22. The summed E-state index contributed by atoms with van der Waals surface area (Å²) in [6.07, 6.45) is 9.30. The van der Waals surface area contributed by atoms with E-state index in [1.165, 1.54) is 4.57 Å². The minimum absolute atomic E-state index is 0.0709. The summed E-state index contributed by atoms with van der Waals surface area (Å²) in [6.45, 7) is 2.06. The SMILES string of the molecule is C#CCn1c(=O)c2[nH]c(C#CCCCCC)nc2n(C)c1=O. The van der Waals surface area contributed by atoms with Gasteiger partial charge in [-0.3, -0.25) is 9.36 Å². The number of hydrogen-bond donors (Lipinski definition) is 1. The molecule has 2 rings (SSSR count). The fourth-order valence-corrected chi connectivity index (χ4v) is 2.15. The van der Waals surface area contributed by atoms with Crippen LogP contribution in [0.3, 0.4) is 0 Å². The van der Waals surface area contributed by atoms with Gasteiger partial charge in [0.05, 0.1) is 6.54 Å². The Kier molecular flexibility index (Phi) is 4.85. The maximum atomic E-state index is 12.3. The van der Waals surface area contributed by atoms with Gasteiger partial charge in [-0.25, -0.2) is 14.3 Å². The fraction of sp³-hybridized carbons (Fsp3) is 0.438. The van der Waals surface area contributed by atoms with E-state index in [1.807, 2.05) is 0 Å². The number of hydrogen-bond acceptors (Lipinski definition) is 3. The molecule has 2 aromatic heterocycles. The van der Waals surface area contributed by atoms with E-state index in [-0.39, 0.29) is 12.1 Å². The van der Waals surface area contributed by atoms with Crippen molar-refractivity contribution in [2.45, 2.75) is 39.2 Å². The van der Waals surface area contributed by atoms with Crippen molar-refractivity contribution in [1.82, 2.24) is 19.1 Å². The van der Waals surface area contributed by atoms with Crippen molar-refractivity contribution in [2.24, 2.45) is 7.05 Å². The Morgan fingerprint density at radius 2 is 2.09 bits per heavy atom. The number of rotatable bonds is 4. The molecule has 0 amide bonds. The third-order valence-electron chi connectivity index (χ3n) is 3.34. The molecule has 2 aromatic rings. The number of aromatic amines is 1. The number of terminal acetylenes is 1. The van der Waals surface area contributed by atoms with Gasteiger partial charge in [-0.05, 0) is 12.3 Å². The van der Waals surface area contributed by atoms with Crippen molar-refractivity contribution < 1.29 is 0 Å². The molecular weight excluding hydrogens is 280 g/mol. The van der Waals surface area contributed by atoms with Gasteiger partial charge in [-0.15, -0.1) is 6.42 Å². The molecule has 2 heterocycles. The molecule has 0 aromatic carbocycles. The Hall–Kier alpha value is -2.73. The van der Waals surface area contributed by atoms with Gasteiger partial charge in [0.25, 0.3) is 5.56 Å². The van der Waals surface area contributed by atoms with Gasteiger partial charge >= 0.3 is 5.69 Å². The first kappa shape index (κ1) is 15.7. The van der Waals surface area contributed by atoms with Gasteiger partial charge in [-0.2, -0.15) is 0 Å². The summed E-state index contributed by atoms with van der Waals surface area (Å²) < 4.78 is 2.30. The molecule has 0 aliphatic carbocycles. The predicted octanol–water partition coefficient (Wildman–Crippen LogP) is 0.988. The molecule has 0 spiro atoms. The average molecular weight is 298 g/mol. The van der Waals surface area contributed by atoms with Crippen LogP contribution < -0.4 is 11.2 Å². The summed E-state index contributed by atoms with van der Waals surface area (Å²) in [5, 5.41) is 0. The minimum atomic E-state index is -0.482. The zero-order chi connectivity index (χ0) is 16.1. The van der Waals surface area contributed by atoms with Crippen molar-refractivity contribution in [1.29, 1.82) is 0 Å². The van der Waals surface area contributed by atoms with E-state index in [9.17, 15) is 9.59 Å². The highest BCUT2D eigenvalue weighted by atomic mass is 16.2. The second-order valence-electron chi connectivity index (χ2n) is 4.98. The zero-order valence-electron chi connectivity index (χ0n) is 12.8. The Balaban J connectivity index is 2.45. The molecule has 0 unspecified atom stereocenters. The number of aryl methyl sites for hydroxylation is 1. The molecule has 0 fully saturated rings. The Morgan fingerprint density at radius 3 is 2.77 bits per heavy atom. The second-order valence-corrected chi connectivity index (χ2v) is 4.98. The lowest BCUT2D eigenvalue weighted by Crippen LogP contribution is -2.38. The van der Waals surface area contributed by atoms with Crippen molar-refractivity contribution >= 4 is 11.2 Å². The number of unbranched alkanes of at least 4 members (excludes halogenated alkanes) is 3. The van der Waals surface area contributed by atoms with Crippen LogP contribution >= 0.6 is 0 Å². The standard InChI is InChI=1S/C16H18N4O2/c1-4-6-7-8-9-10-12-17-13-14(18-12)19(3)16(22)20(11-5-2)15(13)21/h2H,4,6-8,11H2,1,3H3,(H,17,18). The molecule has 0 atom stereocenters. The van der Waals surface area contributed by atoms with Crippen LogP contribution in [0.5, 0.6) is 0 Å². The summed E-state index contributed by atoms with van der Waals surface area (Å²) in [5.41, 5.74) is -0.414. The average Bonchev–Trinajstić information content (AvgIpc) is 2.94. The molecule has 22 heavy (non-hydrogen) atoms. The number of aromatic nitrogens is 4. The summed E-state index contributed by atoms with van der Waals surface area (Å²) in [5.74, 6) is 8.61. The number of imidazole rings is 1. The lowest BCUT2D eigenvalue weighted by Gasteiger charge is -2.03. The highest BCUT2D eigenvalue weighted by molar-refractivity contribution is 5.70. The molecule has 0 saturated heterocycles. The van der Waals surface area contributed by atoms with Crippen LogP contribution in [0, 0.1) is 24.2 Å². The molecule has 114 valence electrons. The molecule has 0 aliphatic heterocycles. The summed E-state index contributed by atoms with van der Waals surface area (Å²) in [4.78, 5) is 31.4. The first-order valence-electron chi connectivity index (χ1n) is 7.22. The van der Waals surface area contributed by atoms with Gasteiger partial charge < -0.3 is 4.98 Å². The monoisotopic (exact) mass is 298 g/mol. The van der Waals surface area contributed by atoms with E-state index in [1.54, 1.807) is 7.05 Å². The molecule has 0 saturated carbocycles. The summed E-state index contributed by atoms with van der Waals surface area (Å²) in [6, 6.07) is 0. The van der Waals surface area contributed by atoms with Crippen LogP contribution in [0.2, 0.25) is 0 Å². The van der Waals surface area contributed by atoms with Crippen molar-refractivity contribution in [3.05, 3.63) is 26.7 Å². The van der Waals surface area contributed by atoms with Gasteiger partial charge in [0.2, 0.25) is 0 Å². The van der Waals surface area contributed by atoms with E-state index in [2.05, 4.69) is 34.7 Å². The van der Waals surface area contributed by atoms with Crippen LogP contribution in [0.1, 0.15) is 38.4 Å². The third-order valence-corrected chi connectivity index (χ3v) is 3.34. The van der Waals surface area contributed by atoms with Gasteiger partial charge in [0.1, 0.15) is 0 Å². The highest BCUT2D eigenvalue weighted by Crippen LogP contribution is 2.04. The van der Waals surface area contributed by atoms with Gasteiger partial charge in [0.15, 0.2) is 17.0 Å². The quantitative estimate of drug-likeness (QED) is 0.676. The topological polar surface area (TPSA) is 72.7 Å². The summed E-state index contributed by atoms with van der Waals surface area (Å²) in [7, 11) is 1.55. The number of nitrogens with zero attached hydrogens (tertiary/aromatic N) is 3. The van der Waals surface area contributed by atoms with Crippen LogP contribution in [0.15, 0.2) is 9.59 Å². The molecule has 0 bridgehead atoms. The van der Waals surface area contributed by atoms with E-state index in [0.29, 0.717) is 11.5 Å². The first-order chi connectivity index (χ1) is 10.6. The smallest absolute Gasteiger partial charge is 0.325 e. The number of H-pyrrole nitrogens is 1. The normalized spacial score (nSPS) is 10.2. The number of nitrogens with one attached hydrogen (secondary N) is 1. The molecule has 0 aliphatic rings. The Morgan fingerprint density at radius 1 is 1.32 bits per heavy atom. The van der Waals surface area contributed by atoms with Crippen LogP contribution in [-0.2, 0) is 13.6 Å². The maximum absolute atomic E-state index is 12.3. The van der Waals surface area contributed by atoms with E-state index in [0.717, 1.165) is 30.3 Å². The maximum Gasteiger partial charge on any atom is 0.333 e. The van der Waals surface area contributed by atoms with Gasteiger partial charge in [0, 0.05) is 13.5 Å². The highest BCUT2D eigenvalue weighted by Gasteiger charge is 2.13. The van der Waals surface area contributed by atoms with E-state index in [4.69, 9.17) is 6.42 Å². The summed E-state index contributed by atoms with van der Waals surface area (Å²) >= 11 is 0. The lowest BCUT2D eigenvalue weighted by molar-refractivity contribution is 0.676. The van der Waals surface area contributed by atoms with Crippen LogP contribution in [0.25, 0.3) is 11.2 Å². The largest absolute Gasteiger partial charge is 0.333 e. The molecular formula is C16H18N4O2. The second kappa shape index (κ2) is 6.82. The molecule has 0 radical (unpaired) electrons. The molecule has 6 heteroatoms. The van der Waals surface area contributed by atoms with Crippen molar-refractivity contribution in [3.63, 3.8) is 0 Å². The Labute approximate surface area is 128 Å². The third kappa shape index (κ3) is 2.96. The molecule has 6 nitrogen and oxygen atoms in total. The zero-order valence-corrected chi connectivity index (χ0v) is 12.8. The van der Waals surface area contributed by atoms with E-state index >= 15 is 0 Å². The Bertz CT molecular complexity index is 897. The van der Waals surface area contributed by atoms with E-state index < -0.39 is 11.2 Å². The lowest BCUT2D eigenvalue weighted by atomic mass is 10.2.